The van der Waals surface area contributed by atoms with Gasteiger partial charge in [-0.2, -0.15) is 13.2 Å². The number of hydrogen-bond donors (Lipinski definition) is 3. The molecule has 184 valence electrons. The predicted molar refractivity (Wildman–Crippen MR) is 124 cm³/mol. The van der Waals surface area contributed by atoms with E-state index >= 15 is 0 Å². The zero-order valence-corrected chi connectivity index (χ0v) is 19.8. The SMILES string of the molecule is CCOP(=O)(OCC)c1ccc2[nH]cc(-c3nc(N[C@H]4CCCNC4)ncc3C(F)(F)F)c2c1. The molecule has 2 aromatic heterocycles. The maximum absolute atomic E-state index is 13.9. The molecular weight excluding hydrogens is 470 g/mol. The number of nitrogens with one attached hydrogen (secondary N) is 3. The molecule has 0 saturated carbocycles. The summed E-state index contributed by atoms with van der Waals surface area (Å²) < 4.78 is 65.8. The van der Waals surface area contributed by atoms with Crippen LogP contribution >= 0.6 is 7.60 Å². The van der Waals surface area contributed by atoms with E-state index < -0.39 is 19.3 Å². The van der Waals surface area contributed by atoms with Crippen LogP contribution in [0.1, 0.15) is 32.3 Å². The first-order chi connectivity index (χ1) is 16.2. The molecule has 4 rings (SSSR count). The fraction of sp³-hybridized carbons (Fsp3) is 0.455. The Kier molecular flexibility index (Phi) is 7.28. The first kappa shape index (κ1) is 24.7. The van der Waals surface area contributed by atoms with Gasteiger partial charge in [0.2, 0.25) is 5.95 Å². The molecule has 0 radical (unpaired) electrons. The lowest BCUT2D eigenvalue weighted by Gasteiger charge is -2.24. The van der Waals surface area contributed by atoms with Crippen LogP contribution in [0.2, 0.25) is 0 Å². The van der Waals surface area contributed by atoms with E-state index in [1.54, 1.807) is 26.0 Å². The van der Waals surface area contributed by atoms with Crippen molar-refractivity contribution in [3.63, 3.8) is 0 Å². The van der Waals surface area contributed by atoms with Crippen LogP contribution in [-0.2, 0) is 19.8 Å². The van der Waals surface area contributed by atoms with Gasteiger partial charge >= 0.3 is 13.8 Å². The van der Waals surface area contributed by atoms with Gasteiger partial charge < -0.3 is 24.7 Å². The van der Waals surface area contributed by atoms with Crippen LogP contribution in [0.25, 0.3) is 22.2 Å². The highest BCUT2D eigenvalue weighted by atomic mass is 31.2. The Morgan fingerprint density at radius 1 is 1.24 bits per heavy atom. The van der Waals surface area contributed by atoms with Gasteiger partial charge in [0, 0.05) is 41.4 Å². The van der Waals surface area contributed by atoms with E-state index in [-0.39, 0.29) is 41.8 Å². The summed E-state index contributed by atoms with van der Waals surface area (Å²) >= 11 is 0. The molecule has 0 unspecified atom stereocenters. The Bertz CT molecular complexity index is 1180. The largest absolute Gasteiger partial charge is 0.419 e. The number of benzene rings is 1. The average molecular weight is 497 g/mol. The van der Waals surface area contributed by atoms with Gasteiger partial charge in [-0.25, -0.2) is 9.97 Å². The first-order valence-corrected chi connectivity index (χ1v) is 12.7. The minimum atomic E-state index is -4.66. The molecule has 3 N–H and O–H groups in total. The van der Waals surface area contributed by atoms with E-state index in [1.165, 1.54) is 12.3 Å². The highest BCUT2D eigenvalue weighted by molar-refractivity contribution is 7.62. The number of aromatic amines is 1. The zero-order valence-electron chi connectivity index (χ0n) is 18.9. The van der Waals surface area contributed by atoms with Crippen molar-refractivity contribution in [1.82, 2.24) is 20.3 Å². The van der Waals surface area contributed by atoms with Gasteiger partial charge in [0.05, 0.1) is 24.2 Å². The Labute approximate surface area is 195 Å². The summed E-state index contributed by atoms with van der Waals surface area (Å²) in [6.07, 6.45) is -0.573. The van der Waals surface area contributed by atoms with E-state index in [2.05, 4.69) is 25.6 Å². The molecule has 12 heteroatoms. The van der Waals surface area contributed by atoms with Crippen LogP contribution < -0.4 is 15.9 Å². The number of hydrogen-bond acceptors (Lipinski definition) is 7. The number of nitrogens with zero attached hydrogens (tertiary/aromatic N) is 2. The van der Waals surface area contributed by atoms with E-state index in [0.29, 0.717) is 17.4 Å². The van der Waals surface area contributed by atoms with Crippen LogP contribution in [-0.4, -0.2) is 47.3 Å². The number of alkyl halides is 3. The quantitative estimate of drug-likeness (QED) is 0.388. The number of piperidine rings is 1. The molecular formula is C22H27F3N5O3P. The Morgan fingerprint density at radius 3 is 2.65 bits per heavy atom. The van der Waals surface area contributed by atoms with E-state index in [4.69, 9.17) is 9.05 Å². The molecule has 1 aromatic carbocycles. The number of aromatic nitrogens is 3. The van der Waals surface area contributed by atoms with E-state index in [9.17, 15) is 17.7 Å². The van der Waals surface area contributed by atoms with Crippen molar-refractivity contribution >= 4 is 29.8 Å². The van der Waals surface area contributed by atoms with Crippen molar-refractivity contribution in [2.45, 2.75) is 38.9 Å². The molecule has 0 bridgehead atoms. The molecule has 34 heavy (non-hydrogen) atoms. The minimum absolute atomic E-state index is 0.0242. The van der Waals surface area contributed by atoms with Gasteiger partial charge in [0.25, 0.3) is 0 Å². The summed E-state index contributed by atoms with van der Waals surface area (Å²) in [6, 6.07) is 4.78. The zero-order chi connectivity index (χ0) is 24.3. The number of anilines is 1. The molecule has 1 saturated heterocycles. The topological polar surface area (TPSA) is 101 Å². The second kappa shape index (κ2) is 10.0. The Hall–Kier alpha value is -2.46. The molecule has 8 nitrogen and oxygen atoms in total. The van der Waals surface area contributed by atoms with Crippen molar-refractivity contribution in [2.75, 3.05) is 31.6 Å². The van der Waals surface area contributed by atoms with Crippen molar-refractivity contribution < 1.29 is 26.8 Å². The lowest BCUT2D eigenvalue weighted by molar-refractivity contribution is -0.137. The number of halogens is 3. The summed E-state index contributed by atoms with van der Waals surface area (Å²) in [5, 5.41) is 7.06. The summed E-state index contributed by atoms with van der Waals surface area (Å²) in [7, 11) is -3.63. The summed E-state index contributed by atoms with van der Waals surface area (Å²) in [4.78, 5) is 11.2. The monoisotopic (exact) mass is 497 g/mol. The normalized spacial score (nSPS) is 17.3. The maximum atomic E-state index is 13.9. The molecule has 3 heterocycles. The van der Waals surface area contributed by atoms with Crippen LogP contribution in [0.3, 0.4) is 0 Å². The first-order valence-electron chi connectivity index (χ1n) is 11.2. The molecule has 1 fully saturated rings. The van der Waals surface area contributed by atoms with Gasteiger partial charge in [0.1, 0.15) is 5.56 Å². The summed E-state index contributed by atoms with van der Waals surface area (Å²) in [5.74, 6) is 0.122. The smallest absolute Gasteiger partial charge is 0.360 e. The fourth-order valence-corrected chi connectivity index (χ4v) is 5.62. The molecule has 0 spiro atoms. The average Bonchev–Trinajstić information content (AvgIpc) is 3.22. The van der Waals surface area contributed by atoms with Gasteiger partial charge in [-0.1, -0.05) is 0 Å². The number of H-pyrrole nitrogens is 1. The van der Waals surface area contributed by atoms with Crippen LogP contribution in [0, 0.1) is 0 Å². The Morgan fingerprint density at radius 2 is 2.00 bits per heavy atom. The molecule has 1 atom stereocenters. The van der Waals surface area contributed by atoms with Gasteiger partial charge in [-0.3, -0.25) is 4.57 Å². The van der Waals surface area contributed by atoms with Crippen molar-refractivity contribution in [1.29, 1.82) is 0 Å². The van der Waals surface area contributed by atoms with Crippen molar-refractivity contribution in [3.8, 4) is 11.3 Å². The fourth-order valence-electron chi connectivity index (χ4n) is 4.02. The second-order valence-corrected chi connectivity index (χ2v) is 9.93. The highest BCUT2D eigenvalue weighted by Gasteiger charge is 2.36. The van der Waals surface area contributed by atoms with Crippen molar-refractivity contribution in [2.24, 2.45) is 0 Å². The third kappa shape index (κ3) is 5.12. The lowest BCUT2D eigenvalue weighted by atomic mass is 10.1. The van der Waals surface area contributed by atoms with Crippen LogP contribution in [0.15, 0.2) is 30.6 Å². The summed E-state index contributed by atoms with van der Waals surface area (Å²) in [5.41, 5.74) is -0.435. The predicted octanol–water partition coefficient (Wildman–Crippen LogP) is 4.70. The second-order valence-electron chi connectivity index (χ2n) is 7.91. The van der Waals surface area contributed by atoms with Gasteiger partial charge in [-0.15, -0.1) is 0 Å². The van der Waals surface area contributed by atoms with Crippen molar-refractivity contribution in [3.05, 3.63) is 36.2 Å². The van der Waals surface area contributed by atoms with E-state index in [1.807, 2.05) is 0 Å². The minimum Gasteiger partial charge on any atom is -0.360 e. The van der Waals surface area contributed by atoms with Crippen LogP contribution in [0.4, 0.5) is 19.1 Å². The standard InChI is InChI=1S/C22H27F3N5O3P/c1-3-32-34(31,33-4-2)15-7-8-19-16(10-15)17(12-27-19)20-18(22(23,24)25)13-28-21(30-20)29-14-6-5-9-26-11-14/h7-8,10,12-14,26-27H,3-6,9,11H2,1-2H3,(H,28,29,30)/t14-/m0/s1. The maximum Gasteiger partial charge on any atom is 0.419 e. The molecule has 3 aromatic rings. The summed E-state index contributed by atoms with van der Waals surface area (Å²) in [6.45, 7) is 5.29. The third-order valence-corrected chi connectivity index (χ3v) is 7.67. The van der Waals surface area contributed by atoms with Gasteiger partial charge in [0.15, 0.2) is 0 Å². The van der Waals surface area contributed by atoms with E-state index in [0.717, 1.165) is 25.6 Å². The number of rotatable bonds is 8. The third-order valence-electron chi connectivity index (χ3n) is 5.56. The Balaban J connectivity index is 1.81. The molecule has 0 aliphatic carbocycles. The molecule has 0 amide bonds. The van der Waals surface area contributed by atoms with Crippen LogP contribution in [0.5, 0.6) is 0 Å². The highest BCUT2D eigenvalue weighted by Crippen LogP contribution is 2.48. The van der Waals surface area contributed by atoms with Gasteiger partial charge in [-0.05, 0) is 51.4 Å². The lowest BCUT2D eigenvalue weighted by Crippen LogP contribution is -2.38. The molecule has 1 aliphatic heterocycles. The number of fused-ring (bicyclic) bond motifs is 1. The molecule has 1 aliphatic rings.